The number of hydrogen-bond donors (Lipinski definition) is 1. The number of nitro benzene ring substituents is 1. The number of anilines is 1. The zero-order valence-electron chi connectivity index (χ0n) is 11.9. The molecule has 2 rings (SSSR count). The van der Waals surface area contributed by atoms with Crippen LogP contribution in [-0.4, -0.2) is 17.0 Å². The van der Waals surface area contributed by atoms with Gasteiger partial charge in [0, 0.05) is 17.8 Å². The summed E-state index contributed by atoms with van der Waals surface area (Å²) in [7, 11) is 0. The quantitative estimate of drug-likeness (QED) is 0.517. The van der Waals surface area contributed by atoms with Gasteiger partial charge in [-0.15, -0.1) is 0 Å². The van der Waals surface area contributed by atoms with Gasteiger partial charge in [0.1, 0.15) is 5.82 Å². The lowest BCUT2D eigenvalue weighted by Crippen LogP contribution is -2.18. The summed E-state index contributed by atoms with van der Waals surface area (Å²) in [6.45, 7) is 0. The van der Waals surface area contributed by atoms with Crippen LogP contribution >= 0.6 is 0 Å². The van der Waals surface area contributed by atoms with Crippen molar-refractivity contribution in [2.45, 2.75) is 12.6 Å². The summed E-state index contributed by atoms with van der Waals surface area (Å²) < 4.78 is 51.5. The number of carbonyl (C=O) groups excluding carboxylic acids is 1. The van der Waals surface area contributed by atoms with Crippen LogP contribution in [0.3, 0.4) is 0 Å². The van der Waals surface area contributed by atoms with Gasteiger partial charge in [-0.3, -0.25) is 14.9 Å². The molecule has 0 spiro atoms. The van der Waals surface area contributed by atoms with Gasteiger partial charge < -0.3 is 5.32 Å². The predicted octanol–water partition coefficient (Wildman–Crippen LogP) is 4.09. The first-order valence-electron chi connectivity index (χ1n) is 6.57. The van der Waals surface area contributed by atoms with Crippen LogP contribution in [0.25, 0.3) is 0 Å². The van der Waals surface area contributed by atoms with Crippen LogP contribution in [-0.2, 0) is 6.42 Å². The lowest BCUT2D eigenvalue weighted by molar-refractivity contribution is -0.384. The number of halogens is 4. The highest BCUT2D eigenvalue weighted by atomic mass is 19.4. The van der Waals surface area contributed by atoms with Gasteiger partial charge in [-0.05, 0) is 23.8 Å². The molecule has 24 heavy (non-hydrogen) atoms. The van der Waals surface area contributed by atoms with Crippen molar-refractivity contribution >= 4 is 17.3 Å². The first kappa shape index (κ1) is 17.4. The molecule has 0 atom stereocenters. The lowest BCUT2D eigenvalue weighted by Gasteiger charge is -2.13. The average Bonchev–Trinajstić information content (AvgIpc) is 2.47. The van der Waals surface area contributed by atoms with Gasteiger partial charge in [-0.25, -0.2) is 4.39 Å². The van der Waals surface area contributed by atoms with E-state index in [4.69, 9.17) is 0 Å². The third kappa shape index (κ3) is 4.28. The van der Waals surface area contributed by atoms with Gasteiger partial charge in [-0.1, -0.05) is 12.1 Å². The summed E-state index contributed by atoms with van der Waals surface area (Å²) >= 11 is 0. The Hall–Kier alpha value is -2.97. The van der Waals surface area contributed by atoms with E-state index in [2.05, 4.69) is 5.32 Å². The number of alkyl halides is 3. The number of nitro groups is 1. The molecule has 1 amide bonds. The van der Waals surface area contributed by atoms with E-state index in [0.717, 1.165) is 24.3 Å². The van der Waals surface area contributed by atoms with Crippen molar-refractivity contribution in [1.29, 1.82) is 0 Å². The Morgan fingerprint density at radius 2 is 1.83 bits per heavy atom. The van der Waals surface area contributed by atoms with Crippen molar-refractivity contribution in [3.63, 3.8) is 0 Å². The van der Waals surface area contributed by atoms with Crippen molar-refractivity contribution in [3.05, 3.63) is 69.5 Å². The van der Waals surface area contributed by atoms with Crippen molar-refractivity contribution in [3.8, 4) is 0 Å². The maximum absolute atomic E-state index is 13.6. The summed E-state index contributed by atoms with van der Waals surface area (Å²) in [5.41, 5.74) is -1.65. The molecule has 0 fully saturated rings. The van der Waals surface area contributed by atoms with E-state index in [1.807, 2.05) is 0 Å². The van der Waals surface area contributed by atoms with Crippen molar-refractivity contribution < 1.29 is 27.3 Å². The number of carbonyl (C=O) groups is 1. The molecule has 9 heteroatoms. The molecule has 0 unspecified atom stereocenters. The van der Waals surface area contributed by atoms with Crippen LogP contribution in [0.4, 0.5) is 28.9 Å². The first-order valence-corrected chi connectivity index (χ1v) is 6.57. The zero-order chi connectivity index (χ0) is 17.9. The maximum Gasteiger partial charge on any atom is 0.393 e. The molecule has 2 aromatic carbocycles. The van der Waals surface area contributed by atoms with E-state index in [-0.39, 0.29) is 11.3 Å². The summed E-state index contributed by atoms with van der Waals surface area (Å²) in [5, 5.41) is 12.9. The Balaban J connectivity index is 2.36. The fraction of sp³-hybridized carbons (Fsp3) is 0.133. The highest BCUT2D eigenvalue weighted by Gasteiger charge is 2.30. The van der Waals surface area contributed by atoms with Crippen LogP contribution in [0.15, 0.2) is 42.5 Å². The third-order valence-electron chi connectivity index (χ3n) is 3.06. The Morgan fingerprint density at radius 3 is 2.42 bits per heavy atom. The lowest BCUT2D eigenvalue weighted by atomic mass is 10.1. The minimum absolute atomic E-state index is 0.272. The molecule has 0 aliphatic carbocycles. The second-order valence-corrected chi connectivity index (χ2v) is 4.82. The molecule has 2 aromatic rings. The number of amides is 1. The van der Waals surface area contributed by atoms with E-state index < -0.39 is 40.5 Å². The smallest absolute Gasteiger partial charge is 0.322 e. The number of hydrogen-bond acceptors (Lipinski definition) is 3. The number of nitrogens with one attached hydrogen (secondary N) is 1. The van der Waals surface area contributed by atoms with Gasteiger partial charge >= 0.3 is 6.18 Å². The second kappa shape index (κ2) is 6.65. The topological polar surface area (TPSA) is 72.2 Å². The van der Waals surface area contributed by atoms with Crippen LogP contribution in [0.5, 0.6) is 0 Å². The van der Waals surface area contributed by atoms with Crippen LogP contribution in [0.2, 0.25) is 0 Å². The number of rotatable bonds is 4. The Labute approximate surface area is 133 Å². The molecule has 0 saturated heterocycles. The van der Waals surface area contributed by atoms with E-state index in [0.29, 0.717) is 0 Å². The van der Waals surface area contributed by atoms with Crippen molar-refractivity contribution in [2.24, 2.45) is 0 Å². The monoisotopic (exact) mass is 342 g/mol. The van der Waals surface area contributed by atoms with Crippen molar-refractivity contribution in [1.82, 2.24) is 0 Å². The molecule has 126 valence electrons. The van der Waals surface area contributed by atoms with E-state index in [1.54, 1.807) is 0 Å². The zero-order valence-corrected chi connectivity index (χ0v) is 11.9. The maximum atomic E-state index is 13.6. The van der Waals surface area contributed by atoms with Gasteiger partial charge in [0.2, 0.25) is 0 Å². The minimum atomic E-state index is -4.63. The highest BCUT2D eigenvalue weighted by molar-refractivity contribution is 6.04. The summed E-state index contributed by atoms with van der Waals surface area (Å²) in [6.07, 6.45) is -6.10. The van der Waals surface area contributed by atoms with E-state index in [1.165, 1.54) is 18.2 Å². The molecule has 5 nitrogen and oxygen atoms in total. The molecule has 0 heterocycles. The first-order chi connectivity index (χ1) is 11.2. The van der Waals surface area contributed by atoms with Gasteiger partial charge in [0.15, 0.2) is 0 Å². The molecule has 0 aliphatic rings. The highest BCUT2D eigenvalue weighted by Crippen LogP contribution is 2.29. The summed E-state index contributed by atoms with van der Waals surface area (Å²) in [6, 6.07) is 7.61. The van der Waals surface area contributed by atoms with Crippen molar-refractivity contribution in [2.75, 3.05) is 5.32 Å². The molecule has 1 N–H and O–H groups in total. The Bertz CT molecular complexity index is 791. The van der Waals surface area contributed by atoms with Crippen LogP contribution in [0.1, 0.15) is 15.9 Å². The number of nitrogens with zero attached hydrogens (tertiary/aromatic N) is 1. The SMILES string of the molecule is O=C(Nc1ccc([N+](=O)[O-])cc1CC(F)(F)F)c1ccccc1F. The van der Waals surface area contributed by atoms with E-state index >= 15 is 0 Å². The standard InChI is InChI=1S/C15H10F4N2O3/c16-12-4-2-1-3-11(12)14(22)20-13-6-5-10(21(23)24)7-9(13)8-15(17,18)19/h1-7H,8H2,(H,20,22). The van der Waals surface area contributed by atoms with Gasteiger partial charge in [0.05, 0.1) is 16.9 Å². The van der Waals surface area contributed by atoms with Crippen LogP contribution < -0.4 is 5.32 Å². The van der Waals surface area contributed by atoms with Gasteiger partial charge in [0.25, 0.3) is 11.6 Å². The second-order valence-electron chi connectivity index (χ2n) is 4.82. The predicted molar refractivity (Wildman–Crippen MR) is 77.2 cm³/mol. The fourth-order valence-corrected chi connectivity index (χ4v) is 2.01. The fourth-order valence-electron chi connectivity index (χ4n) is 2.01. The molecule has 0 aromatic heterocycles. The number of benzene rings is 2. The number of non-ortho nitro benzene ring substituents is 1. The Morgan fingerprint density at radius 1 is 1.17 bits per heavy atom. The molecule has 0 radical (unpaired) electrons. The molecular formula is C15H10F4N2O3. The average molecular weight is 342 g/mol. The van der Waals surface area contributed by atoms with Gasteiger partial charge in [-0.2, -0.15) is 13.2 Å². The molecule has 0 saturated carbocycles. The summed E-state index contributed by atoms with van der Waals surface area (Å²) in [5.74, 6) is -1.79. The van der Waals surface area contributed by atoms with Crippen LogP contribution in [0, 0.1) is 15.9 Å². The molecule has 0 bridgehead atoms. The molecule has 0 aliphatic heterocycles. The Kier molecular flexibility index (Phi) is 4.82. The third-order valence-corrected chi connectivity index (χ3v) is 3.06. The largest absolute Gasteiger partial charge is 0.393 e. The normalized spacial score (nSPS) is 11.2. The van der Waals surface area contributed by atoms with E-state index in [9.17, 15) is 32.5 Å². The molecular weight excluding hydrogens is 332 g/mol. The summed E-state index contributed by atoms with van der Waals surface area (Å²) in [4.78, 5) is 21.9. The minimum Gasteiger partial charge on any atom is -0.322 e.